The number of benzene rings is 1. The quantitative estimate of drug-likeness (QED) is 0.827. The van der Waals surface area contributed by atoms with Crippen molar-refractivity contribution in [3.63, 3.8) is 0 Å². The van der Waals surface area contributed by atoms with E-state index in [2.05, 4.69) is 0 Å². The lowest BCUT2D eigenvalue weighted by atomic mass is 10.1. The van der Waals surface area contributed by atoms with Crippen molar-refractivity contribution in [2.75, 3.05) is 12.0 Å². The van der Waals surface area contributed by atoms with Gasteiger partial charge in [0, 0.05) is 18.0 Å². The molecule has 17 heavy (non-hydrogen) atoms. The number of hydrogen-bond donors (Lipinski definition) is 1. The van der Waals surface area contributed by atoms with Gasteiger partial charge in [0.25, 0.3) is 5.56 Å². The number of nitrogens with zero attached hydrogens (tertiary/aromatic N) is 1. The number of hydrogen-bond acceptors (Lipinski definition) is 3. The molecular formula is C13H14N2OS. The Morgan fingerprint density at radius 1 is 1.12 bits per heavy atom. The molecule has 0 saturated heterocycles. The second kappa shape index (κ2) is 4.67. The van der Waals surface area contributed by atoms with Crippen LogP contribution in [0.25, 0.3) is 11.1 Å². The van der Waals surface area contributed by atoms with E-state index in [4.69, 9.17) is 5.73 Å². The first-order valence-electron chi connectivity index (χ1n) is 5.23. The van der Waals surface area contributed by atoms with Gasteiger partial charge in [-0.3, -0.25) is 9.36 Å². The van der Waals surface area contributed by atoms with E-state index in [9.17, 15) is 4.79 Å². The Morgan fingerprint density at radius 2 is 1.76 bits per heavy atom. The molecule has 1 aromatic heterocycles. The number of nitrogens with two attached hydrogens (primary N) is 1. The van der Waals surface area contributed by atoms with Gasteiger partial charge >= 0.3 is 0 Å². The third kappa shape index (κ3) is 2.36. The predicted octanol–water partition coefficient (Wildman–Crippen LogP) is 2.36. The molecule has 0 aliphatic carbocycles. The van der Waals surface area contributed by atoms with Gasteiger partial charge in [0.1, 0.15) is 5.82 Å². The molecular weight excluding hydrogens is 232 g/mol. The molecule has 0 atom stereocenters. The molecule has 0 saturated carbocycles. The maximum Gasteiger partial charge on any atom is 0.252 e. The van der Waals surface area contributed by atoms with E-state index in [1.807, 2.05) is 36.6 Å². The summed E-state index contributed by atoms with van der Waals surface area (Å²) >= 11 is 1.69. The summed E-state index contributed by atoms with van der Waals surface area (Å²) in [6.07, 6.45) is 2.03. The molecule has 2 N–H and O–H groups in total. The lowest BCUT2D eigenvalue weighted by Gasteiger charge is -2.07. The Morgan fingerprint density at radius 3 is 2.29 bits per heavy atom. The molecule has 1 aromatic carbocycles. The zero-order valence-electron chi connectivity index (χ0n) is 9.81. The van der Waals surface area contributed by atoms with Crippen LogP contribution < -0.4 is 11.3 Å². The van der Waals surface area contributed by atoms with Crippen LogP contribution in [0.2, 0.25) is 0 Å². The van der Waals surface area contributed by atoms with Crippen molar-refractivity contribution in [1.82, 2.24) is 4.57 Å². The molecule has 0 fully saturated rings. The van der Waals surface area contributed by atoms with Crippen LogP contribution in [0.5, 0.6) is 0 Å². The molecule has 0 aliphatic heterocycles. The van der Waals surface area contributed by atoms with Crippen molar-refractivity contribution in [3.8, 4) is 11.1 Å². The van der Waals surface area contributed by atoms with Crippen LogP contribution in [0.3, 0.4) is 0 Å². The number of aromatic nitrogens is 1. The van der Waals surface area contributed by atoms with Crippen molar-refractivity contribution in [3.05, 3.63) is 46.8 Å². The van der Waals surface area contributed by atoms with Crippen LogP contribution in [0.1, 0.15) is 0 Å². The highest BCUT2D eigenvalue weighted by molar-refractivity contribution is 7.98. The molecule has 0 unspecified atom stereocenters. The average molecular weight is 246 g/mol. The van der Waals surface area contributed by atoms with Gasteiger partial charge in [0.15, 0.2) is 0 Å². The topological polar surface area (TPSA) is 48.0 Å². The highest BCUT2D eigenvalue weighted by atomic mass is 32.2. The summed E-state index contributed by atoms with van der Waals surface area (Å²) in [5.74, 6) is 0.474. The molecule has 0 aliphatic rings. The standard InChI is InChI=1S/C13H14N2OS/c1-15-12(14)7-10(8-13(15)16)9-3-5-11(17-2)6-4-9/h3-8H,14H2,1-2H3. The predicted molar refractivity (Wildman–Crippen MR) is 73.3 cm³/mol. The van der Waals surface area contributed by atoms with E-state index in [1.54, 1.807) is 24.9 Å². The van der Waals surface area contributed by atoms with Gasteiger partial charge in [0.2, 0.25) is 0 Å². The third-order valence-electron chi connectivity index (χ3n) is 2.72. The van der Waals surface area contributed by atoms with E-state index in [0.29, 0.717) is 5.82 Å². The first kappa shape index (κ1) is 11.8. The van der Waals surface area contributed by atoms with Crippen molar-refractivity contribution >= 4 is 17.6 Å². The molecule has 0 spiro atoms. The van der Waals surface area contributed by atoms with Gasteiger partial charge < -0.3 is 5.73 Å². The first-order chi connectivity index (χ1) is 8.11. The minimum Gasteiger partial charge on any atom is -0.385 e. The SMILES string of the molecule is CSc1ccc(-c2cc(N)n(C)c(=O)c2)cc1. The van der Waals surface area contributed by atoms with Gasteiger partial charge in [-0.25, -0.2) is 0 Å². The Balaban J connectivity index is 2.49. The smallest absolute Gasteiger partial charge is 0.252 e. The number of thioether (sulfide) groups is 1. The minimum atomic E-state index is -0.0889. The monoisotopic (exact) mass is 246 g/mol. The van der Waals surface area contributed by atoms with Gasteiger partial charge in [-0.15, -0.1) is 11.8 Å². The van der Waals surface area contributed by atoms with Gasteiger partial charge in [-0.1, -0.05) is 12.1 Å². The van der Waals surface area contributed by atoms with Crippen LogP contribution in [0.4, 0.5) is 5.82 Å². The zero-order valence-corrected chi connectivity index (χ0v) is 10.6. The largest absolute Gasteiger partial charge is 0.385 e. The van der Waals surface area contributed by atoms with Gasteiger partial charge in [-0.2, -0.15) is 0 Å². The van der Waals surface area contributed by atoms with E-state index < -0.39 is 0 Å². The maximum atomic E-state index is 11.6. The molecule has 0 bridgehead atoms. The van der Waals surface area contributed by atoms with Crippen molar-refractivity contribution in [1.29, 1.82) is 0 Å². The Hall–Kier alpha value is -1.68. The summed E-state index contributed by atoms with van der Waals surface area (Å²) in [5.41, 5.74) is 7.55. The summed E-state index contributed by atoms with van der Waals surface area (Å²) in [6, 6.07) is 11.5. The Labute approximate surface area is 104 Å². The Kier molecular flexibility index (Phi) is 3.24. The lowest BCUT2D eigenvalue weighted by Crippen LogP contribution is -2.18. The summed E-state index contributed by atoms with van der Waals surface area (Å²) in [7, 11) is 1.66. The summed E-state index contributed by atoms with van der Waals surface area (Å²) in [4.78, 5) is 12.8. The zero-order chi connectivity index (χ0) is 12.4. The molecule has 2 aromatic rings. The van der Waals surface area contributed by atoms with E-state index in [-0.39, 0.29) is 5.56 Å². The second-order valence-corrected chi connectivity index (χ2v) is 4.67. The molecule has 0 amide bonds. The molecule has 0 radical (unpaired) electrons. The fraction of sp³-hybridized carbons (Fsp3) is 0.154. The van der Waals surface area contributed by atoms with E-state index in [1.165, 1.54) is 9.46 Å². The van der Waals surface area contributed by atoms with E-state index in [0.717, 1.165) is 11.1 Å². The average Bonchev–Trinajstić information content (AvgIpc) is 2.35. The van der Waals surface area contributed by atoms with Crippen molar-refractivity contribution in [2.45, 2.75) is 4.90 Å². The highest BCUT2D eigenvalue weighted by Crippen LogP contribution is 2.23. The van der Waals surface area contributed by atoms with Gasteiger partial charge in [-0.05, 0) is 35.6 Å². The van der Waals surface area contributed by atoms with Crippen LogP contribution in [0, 0.1) is 0 Å². The molecule has 4 heteroatoms. The fourth-order valence-corrected chi connectivity index (χ4v) is 2.01. The van der Waals surface area contributed by atoms with E-state index >= 15 is 0 Å². The van der Waals surface area contributed by atoms with Gasteiger partial charge in [0.05, 0.1) is 0 Å². The Bertz CT molecular complexity index is 587. The molecule has 3 nitrogen and oxygen atoms in total. The van der Waals surface area contributed by atoms with Crippen molar-refractivity contribution in [2.24, 2.45) is 7.05 Å². The number of nitrogen functional groups attached to an aromatic ring is 1. The fourth-order valence-electron chi connectivity index (χ4n) is 1.61. The van der Waals surface area contributed by atoms with Crippen LogP contribution in [-0.4, -0.2) is 10.8 Å². The summed E-state index contributed by atoms with van der Waals surface area (Å²) in [5, 5.41) is 0. The highest BCUT2D eigenvalue weighted by Gasteiger charge is 2.03. The molecule has 2 rings (SSSR count). The van der Waals surface area contributed by atoms with Crippen LogP contribution in [-0.2, 0) is 7.05 Å². The van der Waals surface area contributed by atoms with Crippen LogP contribution in [0.15, 0.2) is 46.1 Å². The number of anilines is 1. The molecule has 1 heterocycles. The van der Waals surface area contributed by atoms with Crippen molar-refractivity contribution < 1.29 is 0 Å². The second-order valence-electron chi connectivity index (χ2n) is 3.79. The molecule has 88 valence electrons. The first-order valence-corrected chi connectivity index (χ1v) is 6.45. The number of rotatable bonds is 2. The normalized spacial score (nSPS) is 10.5. The lowest BCUT2D eigenvalue weighted by molar-refractivity contribution is 0.876. The minimum absolute atomic E-state index is 0.0889. The van der Waals surface area contributed by atoms with Crippen LogP contribution >= 0.6 is 11.8 Å². The summed E-state index contributed by atoms with van der Waals surface area (Å²) < 4.78 is 1.43. The number of pyridine rings is 1. The third-order valence-corrected chi connectivity index (χ3v) is 3.47. The summed E-state index contributed by atoms with van der Waals surface area (Å²) in [6.45, 7) is 0. The maximum absolute atomic E-state index is 11.6.